The van der Waals surface area contributed by atoms with Crippen LogP contribution < -0.4 is 10.6 Å². The fourth-order valence-corrected chi connectivity index (χ4v) is 6.76. The fraction of sp³-hybridized carbons (Fsp3) is 0.561. The zero-order valence-electron chi connectivity index (χ0n) is 33.9. The van der Waals surface area contributed by atoms with Gasteiger partial charge in [-0.3, -0.25) is 23.6 Å². The van der Waals surface area contributed by atoms with Gasteiger partial charge >= 0.3 is 6.18 Å². The highest BCUT2D eigenvalue weighted by Gasteiger charge is 2.38. The molecule has 14 nitrogen and oxygen atoms in total. The number of benzene rings is 2. The number of halogens is 3. The Morgan fingerprint density at radius 1 is 0.845 bits per heavy atom. The van der Waals surface area contributed by atoms with E-state index in [4.69, 9.17) is 23.7 Å². The molecule has 0 aliphatic carbocycles. The zero-order chi connectivity index (χ0) is 41.9. The smallest absolute Gasteiger partial charge is 0.377 e. The number of aryl methyl sites for hydroxylation is 1. The maximum atomic E-state index is 13.2. The summed E-state index contributed by atoms with van der Waals surface area (Å²) in [6, 6.07) is 9.63. The van der Waals surface area contributed by atoms with Crippen molar-refractivity contribution in [2.75, 3.05) is 79.2 Å². The second-order valence-corrected chi connectivity index (χ2v) is 15.3. The van der Waals surface area contributed by atoms with Gasteiger partial charge in [0.05, 0.1) is 70.5 Å². The molecule has 2 atom stereocenters. The SMILES string of the molecule is CC1CCCN1C(=O)C(NC(=O)COCCOCCOCCOCCOCCNC(=O)c1ccc2c(c1)c1cn(C)nc1n2-c1ccc(C(F)(F)F)cc1)C(C)(C)C. The van der Waals surface area contributed by atoms with Crippen LogP contribution in [0.1, 0.15) is 56.5 Å². The number of nitrogens with one attached hydrogen (secondary N) is 2. The lowest BCUT2D eigenvalue weighted by Gasteiger charge is -2.35. The van der Waals surface area contributed by atoms with Crippen LogP contribution in [0.4, 0.5) is 13.2 Å². The van der Waals surface area contributed by atoms with E-state index in [2.05, 4.69) is 15.7 Å². The second-order valence-electron chi connectivity index (χ2n) is 15.3. The molecule has 17 heteroatoms. The van der Waals surface area contributed by atoms with E-state index in [1.165, 1.54) is 12.1 Å². The van der Waals surface area contributed by atoms with E-state index in [0.29, 0.717) is 75.2 Å². The van der Waals surface area contributed by atoms with E-state index in [0.717, 1.165) is 35.7 Å². The number of likely N-dealkylation sites (tertiary alicyclic amines) is 1. The van der Waals surface area contributed by atoms with E-state index in [-0.39, 0.29) is 50.1 Å². The minimum Gasteiger partial charge on any atom is -0.377 e. The Bertz CT molecular complexity index is 1970. The quantitative estimate of drug-likeness (QED) is 0.112. The molecule has 3 amide bonds. The standard InChI is InChI=1S/C41H55F3N6O8/c1-28-7-6-15-49(28)39(53)36(40(2,3)4)46-35(51)27-58-24-23-57-22-21-56-20-19-55-18-17-54-16-14-45-38(52)29-8-13-34-32(25-29)33-26-48(5)47-37(33)50(34)31-11-9-30(10-12-31)41(42,43)44/h8-13,25-26,28,36H,6-7,14-24,27H2,1-5H3,(H,45,52)(H,46,51). The lowest BCUT2D eigenvalue weighted by Crippen LogP contribution is -2.56. The van der Waals surface area contributed by atoms with Crippen LogP contribution in [0.2, 0.25) is 0 Å². The van der Waals surface area contributed by atoms with Crippen molar-refractivity contribution < 1.29 is 51.2 Å². The van der Waals surface area contributed by atoms with Gasteiger partial charge in [-0.1, -0.05) is 20.8 Å². The Hall–Kier alpha value is -4.55. The number of rotatable bonds is 21. The van der Waals surface area contributed by atoms with E-state index < -0.39 is 23.2 Å². The number of hydrogen-bond donors (Lipinski definition) is 2. The summed E-state index contributed by atoms with van der Waals surface area (Å²) in [6.45, 7) is 11.7. The predicted octanol–water partition coefficient (Wildman–Crippen LogP) is 4.89. The van der Waals surface area contributed by atoms with Gasteiger partial charge in [-0.2, -0.15) is 18.3 Å². The van der Waals surface area contributed by atoms with Gasteiger partial charge in [0.25, 0.3) is 5.91 Å². The van der Waals surface area contributed by atoms with Crippen molar-refractivity contribution >= 4 is 39.7 Å². The van der Waals surface area contributed by atoms with Gasteiger partial charge in [-0.15, -0.1) is 0 Å². The van der Waals surface area contributed by atoms with Crippen LogP contribution in [-0.2, 0) is 46.5 Å². The Morgan fingerprint density at radius 3 is 2.02 bits per heavy atom. The molecule has 0 saturated carbocycles. The molecule has 1 aliphatic rings. The normalized spacial score (nSPS) is 15.4. The molecule has 2 unspecified atom stereocenters. The van der Waals surface area contributed by atoms with Crippen molar-refractivity contribution in [1.82, 2.24) is 29.9 Å². The molecule has 1 saturated heterocycles. The molecule has 0 radical (unpaired) electrons. The average Bonchev–Trinajstić information content (AvgIpc) is 3.86. The second kappa shape index (κ2) is 20.4. The monoisotopic (exact) mass is 816 g/mol. The third-order valence-electron chi connectivity index (χ3n) is 9.77. The van der Waals surface area contributed by atoms with E-state index in [1.54, 1.807) is 34.5 Å². The Kier molecular flexibility index (Phi) is 15.7. The summed E-state index contributed by atoms with van der Waals surface area (Å²) in [5, 5.41) is 11.7. The van der Waals surface area contributed by atoms with E-state index in [9.17, 15) is 27.6 Å². The molecule has 318 valence electrons. The minimum atomic E-state index is -4.44. The maximum absolute atomic E-state index is 13.2. The average molecular weight is 817 g/mol. The molecule has 1 aliphatic heterocycles. The highest BCUT2D eigenvalue weighted by molar-refractivity contribution is 6.10. The van der Waals surface area contributed by atoms with Crippen LogP contribution >= 0.6 is 0 Å². The number of nitrogens with zero attached hydrogens (tertiary/aromatic N) is 4. The van der Waals surface area contributed by atoms with Crippen LogP contribution in [0.5, 0.6) is 0 Å². The van der Waals surface area contributed by atoms with Crippen molar-refractivity contribution in [3.8, 4) is 5.69 Å². The summed E-state index contributed by atoms with van der Waals surface area (Å²) in [7, 11) is 1.76. The molecular formula is C41H55F3N6O8. The van der Waals surface area contributed by atoms with E-state index in [1.807, 2.05) is 38.8 Å². The first-order valence-corrected chi connectivity index (χ1v) is 19.6. The molecule has 0 bridgehead atoms. The largest absolute Gasteiger partial charge is 0.416 e. The van der Waals surface area contributed by atoms with Crippen molar-refractivity contribution in [1.29, 1.82) is 0 Å². The summed E-state index contributed by atoms with van der Waals surface area (Å²) in [5.41, 5.74) is 1.06. The molecule has 2 N–H and O–H groups in total. The highest BCUT2D eigenvalue weighted by Crippen LogP contribution is 2.34. The number of ether oxygens (including phenoxy) is 5. The molecule has 5 rings (SSSR count). The third-order valence-corrected chi connectivity index (χ3v) is 9.77. The summed E-state index contributed by atoms with van der Waals surface area (Å²) in [4.78, 5) is 40.4. The summed E-state index contributed by atoms with van der Waals surface area (Å²) < 4.78 is 70.4. The molecule has 58 heavy (non-hydrogen) atoms. The van der Waals surface area contributed by atoms with Crippen LogP contribution in [0, 0.1) is 5.41 Å². The molecule has 2 aromatic carbocycles. The number of alkyl halides is 3. The molecule has 4 aromatic rings. The van der Waals surface area contributed by atoms with Gasteiger partial charge in [0, 0.05) is 54.4 Å². The van der Waals surface area contributed by atoms with Gasteiger partial charge in [-0.25, -0.2) is 0 Å². The maximum Gasteiger partial charge on any atom is 0.416 e. The first-order valence-electron chi connectivity index (χ1n) is 19.6. The molecule has 3 heterocycles. The van der Waals surface area contributed by atoms with Crippen molar-refractivity contribution in [2.45, 2.75) is 58.8 Å². The number of amides is 3. The summed E-state index contributed by atoms with van der Waals surface area (Å²) in [6.07, 6.45) is -0.679. The van der Waals surface area contributed by atoms with Crippen LogP contribution in [0.15, 0.2) is 48.7 Å². The van der Waals surface area contributed by atoms with Gasteiger partial charge in [0.2, 0.25) is 11.8 Å². The number of fused-ring (bicyclic) bond motifs is 3. The Morgan fingerprint density at radius 2 is 1.45 bits per heavy atom. The van der Waals surface area contributed by atoms with Crippen molar-refractivity contribution in [3.05, 3.63) is 59.8 Å². The van der Waals surface area contributed by atoms with Gasteiger partial charge < -0.3 is 39.2 Å². The first kappa shape index (κ1) is 44.6. The summed E-state index contributed by atoms with van der Waals surface area (Å²) >= 11 is 0. The summed E-state index contributed by atoms with van der Waals surface area (Å²) in [5.74, 6) is -0.675. The minimum absolute atomic E-state index is 0.0494. The lowest BCUT2D eigenvalue weighted by atomic mass is 9.85. The van der Waals surface area contributed by atoms with Crippen LogP contribution in [0.3, 0.4) is 0 Å². The molecular weight excluding hydrogens is 761 g/mol. The van der Waals surface area contributed by atoms with Crippen molar-refractivity contribution in [2.24, 2.45) is 12.5 Å². The zero-order valence-corrected chi connectivity index (χ0v) is 33.9. The van der Waals surface area contributed by atoms with E-state index >= 15 is 0 Å². The number of carbonyl (C=O) groups is 3. The predicted molar refractivity (Wildman–Crippen MR) is 211 cm³/mol. The van der Waals surface area contributed by atoms with Gasteiger partial charge in [0.1, 0.15) is 12.6 Å². The Labute approximate surface area is 336 Å². The topological polar surface area (TPSA) is 147 Å². The van der Waals surface area contributed by atoms with Gasteiger partial charge in [0.15, 0.2) is 5.65 Å². The van der Waals surface area contributed by atoms with Crippen LogP contribution in [-0.4, -0.2) is 128 Å². The molecule has 2 aromatic heterocycles. The number of aromatic nitrogens is 3. The Balaban J connectivity index is 0.888. The molecule has 1 fully saturated rings. The van der Waals surface area contributed by atoms with Gasteiger partial charge in [-0.05, 0) is 67.6 Å². The fourth-order valence-electron chi connectivity index (χ4n) is 6.76. The first-order chi connectivity index (χ1) is 27.6. The highest BCUT2D eigenvalue weighted by atomic mass is 19.4. The molecule has 0 spiro atoms. The van der Waals surface area contributed by atoms with Crippen LogP contribution in [0.25, 0.3) is 27.6 Å². The number of carbonyl (C=O) groups excluding carboxylic acids is 3. The lowest BCUT2D eigenvalue weighted by molar-refractivity contribution is -0.141. The van der Waals surface area contributed by atoms with Crippen molar-refractivity contribution in [3.63, 3.8) is 0 Å². The third kappa shape index (κ3) is 12.0. The number of hydrogen-bond acceptors (Lipinski definition) is 9.